The first kappa shape index (κ1) is 17.2. The Hall–Kier alpha value is -2.15. The van der Waals surface area contributed by atoms with Gasteiger partial charge >= 0.3 is 5.97 Å². The summed E-state index contributed by atoms with van der Waals surface area (Å²) in [5, 5.41) is 9.61. The fourth-order valence-electron chi connectivity index (χ4n) is 2.46. The summed E-state index contributed by atoms with van der Waals surface area (Å²) in [4.78, 5) is 23.8. The van der Waals surface area contributed by atoms with E-state index in [2.05, 4.69) is 10.4 Å². The van der Waals surface area contributed by atoms with Gasteiger partial charge in [-0.25, -0.2) is 4.79 Å². The maximum atomic E-state index is 12.2. The van der Waals surface area contributed by atoms with E-state index in [0.717, 1.165) is 22.5 Å². The first-order valence-electron chi connectivity index (χ1n) is 7.30. The smallest absolute Gasteiger partial charge is 0.339 e. The second kappa shape index (κ2) is 6.95. The van der Waals surface area contributed by atoms with Gasteiger partial charge in [0.05, 0.1) is 23.4 Å². The molecule has 0 aliphatic rings. The van der Waals surface area contributed by atoms with Gasteiger partial charge in [0.15, 0.2) is 0 Å². The van der Waals surface area contributed by atoms with Crippen LogP contribution in [0.15, 0.2) is 5.38 Å². The quantitative estimate of drug-likeness (QED) is 0.853. The Morgan fingerprint density at radius 3 is 2.61 bits per heavy atom. The summed E-state index contributed by atoms with van der Waals surface area (Å²) >= 11 is 1.33. The number of anilines is 1. The molecule has 2 heterocycles. The van der Waals surface area contributed by atoms with Crippen LogP contribution in [0.25, 0.3) is 0 Å². The summed E-state index contributed by atoms with van der Waals surface area (Å²) in [6.45, 7) is 5.75. The Kier molecular flexibility index (Phi) is 5.20. The van der Waals surface area contributed by atoms with Gasteiger partial charge in [-0.2, -0.15) is 5.10 Å². The Bertz CT molecular complexity index is 746. The average Bonchev–Trinajstić information content (AvgIpc) is 2.98. The molecule has 0 aliphatic heterocycles. The van der Waals surface area contributed by atoms with E-state index in [0.29, 0.717) is 23.4 Å². The number of amides is 1. The maximum Gasteiger partial charge on any atom is 0.339 e. The van der Waals surface area contributed by atoms with Crippen molar-refractivity contribution in [1.82, 2.24) is 9.78 Å². The summed E-state index contributed by atoms with van der Waals surface area (Å²) in [6, 6.07) is 0. The highest BCUT2D eigenvalue weighted by Crippen LogP contribution is 2.28. The fraction of sp³-hybridized carbons (Fsp3) is 0.438. The molecule has 0 fully saturated rings. The molecule has 0 atom stereocenters. The number of hydrogen-bond donors (Lipinski definition) is 1. The summed E-state index contributed by atoms with van der Waals surface area (Å²) < 4.78 is 6.54. The summed E-state index contributed by atoms with van der Waals surface area (Å²) in [5.74, 6) is -0.463. The van der Waals surface area contributed by atoms with E-state index in [9.17, 15) is 9.59 Å². The number of rotatable bonds is 5. The molecule has 7 heteroatoms. The maximum absolute atomic E-state index is 12.2. The van der Waals surface area contributed by atoms with Crippen molar-refractivity contribution in [2.75, 3.05) is 12.4 Å². The van der Waals surface area contributed by atoms with Crippen LogP contribution >= 0.6 is 11.3 Å². The van der Waals surface area contributed by atoms with Crippen molar-refractivity contribution in [3.8, 4) is 0 Å². The zero-order valence-electron chi connectivity index (χ0n) is 14.0. The van der Waals surface area contributed by atoms with Crippen molar-refractivity contribution in [1.29, 1.82) is 0 Å². The number of carbonyl (C=O) groups is 2. The summed E-state index contributed by atoms with van der Waals surface area (Å²) in [5.41, 5.74) is 4.38. The minimum Gasteiger partial charge on any atom is -0.465 e. The molecule has 1 N–H and O–H groups in total. The van der Waals surface area contributed by atoms with Crippen molar-refractivity contribution in [3.63, 3.8) is 0 Å². The van der Waals surface area contributed by atoms with Crippen molar-refractivity contribution >= 4 is 28.2 Å². The lowest BCUT2D eigenvalue weighted by Gasteiger charge is -2.05. The van der Waals surface area contributed by atoms with Crippen LogP contribution in [0.5, 0.6) is 0 Å². The van der Waals surface area contributed by atoms with Gasteiger partial charge in [-0.15, -0.1) is 11.3 Å². The zero-order valence-corrected chi connectivity index (χ0v) is 14.8. The number of nitrogens with one attached hydrogen (secondary N) is 1. The molecule has 0 aromatic carbocycles. The average molecular weight is 335 g/mol. The number of nitrogens with zero attached hydrogens (tertiary/aromatic N) is 2. The van der Waals surface area contributed by atoms with Crippen LogP contribution in [0.3, 0.4) is 0 Å². The predicted molar refractivity (Wildman–Crippen MR) is 90.0 cm³/mol. The van der Waals surface area contributed by atoms with Gasteiger partial charge in [-0.05, 0) is 38.3 Å². The molecule has 23 heavy (non-hydrogen) atoms. The van der Waals surface area contributed by atoms with Gasteiger partial charge in [0.2, 0.25) is 5.91 Å². The van der Waals surface area contributed by atoms with Gasteiger partial charge in [0.25, 0.3) is 0 Å². The lowest BCUT2D eigenvalue weighted by molar-refractivity contribution is -0.116. The van der Waals surface area contributed by atoms with Crippen LogP contribution in [0.2, 0.25) is 0 Å². The molecule has 2 aromatic heterocycles. The van der Waals surface area contributed by atoms with Crippen LogP contribution in [-0.4, -0.2) is 28.8 Å². The Balaban J connectivity index is 2.00. The highest BCUT2D eigenvalue weighted by atomic mass is 32.1. The largest absolute Gasteiger partial charge is 0.465 e. The monoisotopic (exact) mass is 335 g/mol. The van der Waals surface area contributed by atoms with Crippen molar-refractivity contribution < 1.29 is 14.3 Å². The van der Waals surface area contributed by atoms with Crippen LogP contribution in [-0.2, 0) is 23.0 Å². The van der Waals surface area contributed by atoms with E-state index in [-0.39, 0.29) is 11.9 Å². The Morgan fingerprint density at radius 1 is 1.35 bits per heavy atom. The van der Waals surface area contributed by atoms with Crippen LogP contribution in [0.4, 0.5) is 5.00 Å². The second-order valence-electron chi connectivity index (χ2n) is 5.42. The summed E-state index contributed by atoms with van der Waals surface area (Å²) in [7, 11) is 3.24. The fourth-order valence-corrected chi connectivity index (χ4v) is 3.43. The number of aryl methyl sites for hydroxylation is 2. The number of aromatic nitrogens is 2. The third-order valence-electron chi connectivity index (χ3n) is 3.96. The van der Waals surface area contributed by atoms with Gasteiger partial charge in [0.1, 0.15) is 0 Å². The lowest BCUT2D eigenvalue weighted by atomic mass is 10.1. The topological polar surface area (TPSA) is 73.2 Å². The number of ether oxygens (including phenoxy) is 1. The van der Waals surface area contributed by atoms with E-state index < -0.39 is 0 Å². The van der Waals surface area contributed by atoms with E-state index in [1.807, 2.05) is 25.6 Å². The Morgan fingerprint density at radius 2 is 2.04 bits per heavy atom. The third-order valence-corrected chi connectivity index (χ3v) is 4.96. The van der Waals surface area contributed by atoms with Crippen molar-refractivity contribution in [3.05, 3.63) is 33.5 Å². The minimum atomic E-state index is -0.388. The SMILES string of the molecule is COC(=O)c1csc(NC(=O)CCc2c(C)nn(C)c2C)c1C. The number of esters is 1. The van der Waals surface area contributed by atoms with E-state index in [1.54, 1.807) is 12.3 Å². The van der Waals surface area contributed by atoms with Crippen molar-refractivity contribution in [2.45, 2.75) is 33.6 Å². The van der Waals surface area contributed by atoms with Crippen molar-refractivity contribution in [2.24, 2.45) is 7.05 Å². The van der Waals surface area contributed by atoms with E-state index in [4.69, 9.17) is 4.74 Å². The van der Waals surface area contributed by atoms with Gasteiger partial charge in [0, 0.05) is 24.5 Å². The third kappa shape index (κ3) is 3.61. The number of thiophene rings is 1. The van der Waals surface area contributed by atoms with Crippen LogP contribution < -0.4 is 5.32 Å². The standard InChI is InChI=1S/C16H21N3O3S/c1-9-13(16(21)22-5)8-23-15(9)17-14(20)7-6-12-10(2)18-19(4)11(12)3/h8H,6-7H2,1-5H3,(H,17,20). The van der Waals surface area contributed by atoms with Gasteiger partial charge in [-0.3, -0.25) is 9.48 Å². The molecule has 1 amide bonds. The normalized spacial score (nSPS) is 10.7. The molecule has 0 radical (unpaired) electrons. The minimum absolute atomic E-state index is 0.0750. The number of hydrogen-bond acceptors (Lipinski definition) is 5. The molecule has 124 valence electrons. The molecule has 2 aromatic rings. The highest BCUT2D eigenvalue weighted by Gasteiger charge is 2.17. The highest BCUT2D eigenvalue weighted by molar-refractivity contribution is 7.14. The Labute approximate surface area is 139 Å². The summed E-state index contributed by atoms with van der Waals surface area (Å²) in [6.07, 6.45) is 1.02. The van der Waals surface area contributed by atoms with Crippen LogP contribution in [0.1, 0.15) is 39.3 Å². The van der Waals surface area contributed by atoms with Gasteiger partial charge in [-0.1, -0.05) is 0 Å². The number of methoxy groups -OCH3 is 1. The zero-order chi connectivity index (χ0) is 17.1. The predicted octanol–water partition coefficient (Wildman–Crippen LogP) is 2.76. The molecule has 0 bridgehead atoms. The molecule has 6 nitrogen and oxygen atoms in total. The molecule has 0 saturated carbocycles. The number of carbonyl (C=O) groups excluding carboxylic acids is 2. The molecule has 0 saturated heterocycles. The molecule has 0 aliphatic carbocycles. The molecule has 2 rings (SSSR count). The van der Waals surface area contributed by atoms with E-state index >= 15 is 0 Å². The van der Waals surface area contributed by atoms with Crippen LogP contribution in [0, 0.1) is 20.8 Å². The van der Waals surface area contributed by atoms with E-state index in [1.165, 1.54) is 18.4 Å². The first-order valence-corrected chi connectivity index (χ1v) is 8.18. The lowest BCUT2D eigenvalue weighted by Crippen LogP contribution is -2.13. The molecule has 0 spiro atoms. The van der Waals surface area contributed by atoms with Gasteiger partial charge < -0.3 is 10.1 Å². The first-order chi connectivity index (χ1) is 10.8. The molecular formula is C16H21N3O3S. The second-order valence-corrected chi connectivity index (χ2v) is 6.30. The molecule has 0 unspecified atom stereocenters. The molecular weight excluding hydrogens is 314 g/mol.